The van der Waals surface area contributed by atoms with Crippen molar-refractivity contribution in [1.29, 1.82) is 0 Å². The van der Waals surface area contributed by atoms with Gasteiger partial charge >= 0.3 is 0 Å². The molecule has 0 unspecified atom stereocenters. The third-order valence-corrected chi connectivity index (χ3v) is 5.11. The molecule has 0 bridgehead atoms. The maximum absolute atomic E-state index is 14.0. The van der Waals surface area contributed by atoms with Gasteiger partial charge in [0.2, 0.25) is 0 Å². The zero-order chi connectivity index (χ0) is 20.1. The van der Waals surface area contributed by atoms with Crippen LogP contribution in [0.25, 0.3) is 0 Å². The highest BCUT2D eigenvalue weighted by atomic mass is 19.1. The number of para-hydroxylation sites is 1. The molecule has 1 aliphatic heterocycles. The molecule has 2 aromatic carbocycles. The van der Waals surface area contributed by atoms with Crippen LogP contribution in [0.1, 0.15) is 5.56 Å². The summed E-state index contributed by atoms with van der Waals surface area (Å²) >= 11 is 0. The molecule has 0 spiro atoms. The second-order valence-corrected chi connectivity index (χ2v) is 6.96. The van der Waals surface area contributed by atoms with Crippen molar-refractivity contribution >= 4 is 17.3 Å². The molecule has 0 saturated carbocycles. The van der Waals surface area contributed by atoms with Crippen LogP contribution < -0.4 is 15.1 Å². The molecule has 0 amide bonds. The van der Waals surface area contributed by atoms with Gasteiger partial charge in [-0.15, -0.1) is 0 Å². The highest BCUT2D eigenvalue weighted by Gasteiger charge is 2.20. The summed E-state index contributed by atoms with van der Waals surface area (Å²) in [6.07, 6.45) is 2.11. The van der Waals surface area contributed by atoms with Gasteiger partial charge in [-0.25, -0.2) is 18.7 Å². The molecular weight excluding hydrogens is 372 g/mol. The lowest BCUT2D eigenvalue weighted by Gasteiger charge is -2.36. The first-order valence-electron chi connectivity index (χ1n) is 9.74. The van der Waals surface area contributed by atoms with Crippen LogP contribution in [0.3, 0.4) is 0 Å². The predicted molar refractivity (Wildman–Crippen MR) is 111 cm³/mol. The van der Waals surface area contributed by atoms with Gasteiger partial charge in [0, 0.05) is 38.8 Å². The van der Waals surface area contributed by atoms with Crippen molar-refractivity contribution < 1.29 is 8.78 Å². The van der Waals surface area contributed by atoms with E-state index in [0.29, 0.717) is 30.0 Å². The maximum Gasteiger partial charge on any atom is 0.146 e. The number of aromatic nitrogens is 2. The number of halogens is 2. The number of piperazine rings is 1. The summed E-state index contributed by atoms with van der Waals surface area (Å²) in [7, 11) is 0. The predicted octanol–water partition coefficient (Wildman–Crippen LogP) is 3.74. The van der Waals surface area contributed by atoms with Crippen LogP contribution in [0.2, 0.25) is 0 Å². The normalized spacial score (nSPS) is 14.1. The van der Waals surface area contributed by atoms with Crippen LogP contribution in [0.15, 0.2) is 60.9 Å². The number of hydrogen-bond acceptors (Lipinski definition) is 5. The molecule has 1 aromatic heterocycles. The van der Waals surface area contributed by atoms with E-state index in [-0.39, 0.29) is 11.6 Å². The van der Waals surface area contributed by atoms with Crippen molar-refractivity contribution in [2.45, 2.75) is 6.42 Å². The molecule has 4 rings (SSSR count). The lowest BCUT2D eigenvalue weighted by atomic mass is 10.1. The average Bonchev–Trinajstić information content (AvgIpc) is 2.76. The van der Waals surface area contributed by atoms with Gasteiger partial charge in [0.1, 0.15) is 29.6 Å². The van der Waals surface area contributed by atoms with Crippen LogP contribution in [-0.4, -0.2) is 42.7 Å². The fourth-order valence-corrected chi connectivity index (χ4v) is 3.53. The second kappa shape index (κ2) is 8.86. The van der Waals surface area contributed by atoms with E-state index < -0.39 is 0 Å². The molecule has 1 N–H and O–H groups in total. The molecule has 5 nitrogen and oxygen atoms in total. The molecule has 0 radical (unpaired) electrons. The number of anilines is 3. The summed E-state index contributed by atoms with van der Waals surface area (Å²) in [5.74, 6) is 1.17. The summed E-state index contributed by atoms with van der Waals surface area (Å²) in [5.41, 5.74) is 1.32. The monoisotopic (exact) mass is 395 g/mol. The van der Waals surface area contributed by atoms with Crippen LogP contribution >= 0.6 is 0 Å². The van der Waals surface area contributed by atoms with Gasteiger partial charge in [-0.2, -0.15) is 0 Å². The van der Waals surface area contributed by atoms with Crippen molar-refractivity contribution in [2.24, 2.45) is 0 Å². The van der Waals surface area contributed by atoms with Gasteiger partial charge < -0.3 is 15.1 Å². The molecule has 3 aromatic rings. The Labute approximate surface area is 169 Å². The molecule has 1 saturated heterocycles. The molecule has 1 fully saturated rings. The van der Waals surface area contributed by atoms with Crippen molar-refractivity contribution in [3.05, 3.63) is 78.1 Å². The second-order valence-electron chi connectivity index (χ2n) is 6.96. The Morgan fingerprint density at radius 2 is 1.52 bits per heavy atom. The van der Waals surface area contributed by atoms with Crippen LogP contribution in [0.4, 0.5) is 26.1 Å². The molecule has 7 heteroatoms. The Morgan fingerprint density at radius 3 is 2.28 bits per heavy atom. The van der Waals surface area contributed by atoms with Gasteiger partial charge in [0.05, 0.1) is 5.69 Å². The van der Waals surface area contributed by atoms with Crippen molar-refractivity contribution in [1.82, 2.24) is 9.97 Å². The summed E-state index contributed by atoms with van der Waals surface area (Å²) in [6, 6.07) is 15.6. The molecule has 2 heterocycles. The Balaban J connectivity index is 1.33. The highest BCUT2D eigenvalue weighted by Crippen LogP contribution is 2.22. The number of rotatable bonds is 6. The fraction of sp³-hybridized carbons (Fsp3) is 0.273. The van der Waals surface area contributed by atoms with E-state index in [4.69, 9.17) is 0 Å². The minimum atomic E-state index is -0.190. The van der Waals surface area contributed by atoms with Crippen LogP contribution in [0, 0.1) is 11.6 Å². The van der Waals surface area contributed by atoms with Crippen molar-refractivity contribution in [3.63, 3.8) is 0 Å². The Morgan fingerprint density at radius 1 is 0.828 bits per heavy atom. The lowest BCUT2D eigenvalue weighted by Crippen LogP contribution is -2.47. The van der Waals surface area contributed by atoms with Gasteiger partial charge in [-0.05, 0) is 30.2 Å². The van der Waals surface area contributed by atoms with Crippen LogP contribution in [0.5, 0.6) is 0 Å². The van der Waals surface area contributed by atoms with Gasteiger partial charge in [-0.3, -0.25) is 0 Å². The molecule has 1 aliphatic rings. The van der Waals surface area contributed by atoms with Crippen molar-refractivity contribution in [2.75, 3.05) is 47.8 Å². The third kappa shape index (κ3) is 4.62. The number of nitrogens with one attached hydrogen (secondary N) is 1. The molecule has 150 valence electrons. The maximum atomic E-state index is 14.0. The first-order chi connectivity index (χ1) is 14.2. The smallest absolute Gasteiger partial charge is 0.146 e. The first kappa shape index (κ1) is 19.1. The zero-order valence-corrected chi connectivity index (χ0v) is 16.1. The van der Waals surface area contributed by atoms with E-state index in [1.165, 1.54) is 18.5 Å². The van der Waals surface area contributed by atoms with E-state index in [0.717, 1.165) is 32.0 Å². The summed E-state index contributed by atoms with van der Waals surface area (Å²) in [5, 5.41) is 3.24. The molecule has 29 heavy (non-hydrogen) atoms. The van der Waals surface area contributed by atoms with Gasteiger partial charge in [-0.1, -0.05) is 30.3 Å². The van der Waals surface area contributed by atoms with Crippen molar-refractivity contribution in [3.8, 4) is 0 Å². The minimum Gasteiger partial charge on any atom is -0.370 e. The summed E-state index contributed by atoms with van der Waals surface area (Å²) in [6.45, 7) is 3.53. The van der Waals surface area contributed by atoms with Gasteiger partial charge in [0.15, 0.2) is 0 Å². The average molecular weight is 395 g/mol. The quantitative estimate of drug-likeness (QED) is 0.689. The SMILES string of the molecule is Fc1ccccc1CCNc1cc(N2CCN(c3ccccc3F)CC2)ncn1. The minimum absolute atomic E-state index is 0.189. The summed E-state index contributed by atoms with van der Waals surface area (Å²) < 4.78 is 27.7. The first-order valence-corrected chi connectivity index (χ1v) is 9.74. The molecular formula is C22H23F2N5. The lowest BCUT2D eigenvalue weighted by molar-refractivity contribution is 0.596. The number of nitrogens with zero attached hydrogens (tertiary/aromatic N) is 4. The topological polar surface area (TPSA) is 44.3 Å². The Bertz CT molecular complexity index is 957. The highest BCUT2D eigenvalue weighted by molar-refractivity contribution is 5.52. The van der Waals surface area contributed by atoms with E-state index >= 15 is 0 Å². The number of benzene rings is 2. The van der Waals surface area contributed by atoms with Crippen LogP contribution in [-0.2, 0) is 6.42 Å². The van der Waals surface area contributed by atoms with Gasteiger partial charge in [0.25, 0.3) is 0 Å². The van der Waals surface area contributed by atoms with E-state index in [1.807, 2.05) is 24.3 Å². The molecule has 0 aliphatic carbocycles. The Kier molecular flexibility index (Phi) is 5.84. The Hall–Kier alpha value is -3.22. The zero-order valence-electron chi connectivity index (χ0n) is 16.1. The molecule has 0 atom stereocenters. The standard InChI is InChI=1S/C22H23F2N5/c23-18-6-2-1-5-17(18)9-10-25-21-15-22(27-16-26-21)29-13-11-28(12-14-29)20-8-4-3-7-19(20)24/h1-8,15-16H,9-14H2,(H,25,26,27). The largest absolute Gasteiger partial charge is 0.370 e. The summed E-state index contributed by atoms with van der Waals surface area (Å²) in [4.78, 5) is 12.9. The van der Waals surface area contributed by atoms with E-state index in [1.54, 1.807) is 18.2 Å². The number of hydrogen-bond donors (Lipinski definition) is 1. The van der Waals surface area contributed by atoms with E-state index in [9.17, 15) is 8.78 Å². The fourth-order valence-electron chi connectivity index (χ4n) is 3.53. The van der Waals surface area contributed by atoms with E-state index in [2.05, 4.69) is 25.1 Å². The third-order valence-electron chi connectivity index (χ3n) is 5.11.